The fourth-order valence-corrected chi connectivity index (χ4v) is 3.83. The van der Waals surface area contributed by atoms with E-state index in [9.17, 15) is 4.79 Å². The van der Waals surface area contributed by atoms with Crippen molar-refractivity contribution in [3.63, 3.8) is 0 Å². The number of carboxylic acid groups (broad SMARTS) is 1. The van der Waals surface area contributed by atoms with E-state index in [1.54, 1.807) is 5.38 Å². The molecule has 5 nitrogen and oxygen atoms in total. The van der Waals surface area contributed by atoms with Crippen LogP contribution in [0.25, 0.3) is 0 Å². The number of carbonyl (C=O) groups is 1. The molecule has 0 radical (unpaired) electrons. The molecule has 18 heavy (non-hydrogen) atoms. The molecule has 0 aliphatic heterocycles. The molecule has 0 atom stereocenters. The fourth-order valence-electron chi connectivity index (χ4n) is 1.22. The first kappa shape index (κ1) is 13.3. The second-order valence-electron chi connectivity index (χ2n) is 3.61. The van der Waals surface area contributed by atoms with Gasteiger partial charge in [-0.05, 0) is 17.0 Å². The number of rotatable bonds is 5. The smallest absolute Gasteiger partial charge is 0.346 e. The largest absolute Gasteiger partial charge is 0.477 e. The van der Waals surface area contributed by atoms with Gasteiger partial charge in [0.05, 0.1) is 0 Å². The van der Waals surface area contributed by atoms with Gasteiger partial charge in [-0.1, -0.05) is 23.1 Å². The van der Waals surface area contributed by atoms with Crippen LogP contribution < -0.4 is 4.90 Å². The van der Waals surface area contributed by atoms with Crippen molar-refractivity contribution < 1.29 is 9.90 Å². The van der Waals surface area contributed by atoms with Crippen molar-refractivity contribution in [1.29, 1.82) is 0 Å². The first-order valence-electron chi connectivity index (χ1n) is 5.01. The standard InChI is InChI=1S/C10H11N3O2S3/c1-13(2)9-11-12-10(18-9)17-5-6-3-4-16-7(6)8(14)15/h3-4H,5H2,1-2H3,(H,14,15). The first-order chi connectivity index (χ1) is 8.58. The molecule has 0 saturated carbocycles. The second kappa shape index (κ2) is 5.68. The molecular weight excluding hydrogens is 290 g/mol. The fraction of sp³-hybridized carbons (Fsp3) is 0.300. The summed E-state index contributed by atoms with van der Waals surface area (Å²) in [5.74, 6) is -0.264. The Morgan fingerprint density at radius 2 is 2.28 bits per heavy atom. The van der Waals surface area contributed by atoms with Crippen molar-refractivity contribution in [2.75, 3.05) is 19.0 Å². The lowest BCUT2D eigenvalue weighted by molar-refractivity contribution is 0.0701. The summed E-state index contributed by atoms with van der Waals surface area (Å²) in [6, 6.07) is 1.84. The zero-order valence-corrected chi connectivity index (χ0v) is 12.2. The minimum absolute atomic E-state index is 0.403. The Morgan fingerprint density at radius 1 is 1.50 bits per heavy atom. The molecule has 2 aromatic rings. The van der Waals surface area contributed by atoms with Gasteiger partial charge in [0.15, 0.2) is 4.34 Å². The van der Waals surface area contributed by atoms with Crippen molar-refractivity contribution in [2.24, 2.45) is 0 Å². The van der Waals surface area contributed by atoms with Crippen molar-refractivity contribution >= 4 is 45.5 Å². The van der Waals surface area contributed by atoms with E-state index < -0.39 is 5.97 Å². The minimum Gasteiger partial charge on any atom is -0.477 e. The molecule has 0 fully saturated rings. The Bertz CT molecular complexity index is 550. The zero-order chi connectivity index (χ0) is 13.1. The summed E-state index contributed by atoms with van der Waals surface area (Å²) in [6.45, 7) is 0. The van der Waals surface area contributed by atoms with E-state index in [-0.39, 0.29) is 0 Å². The molecule has 0 unspecified atom stereocenters. The third-order valence-corrected chi connectivity index (χ3v) is 5.29. The van der Waals surface area contributed by atoms with Gasteiger partial charge in [-0.25, -0.2) is 4.79 Å². The van der Waals surface area contributed by atoms with Crippen LogP contribution in [0.2, 0.25) is 0 Å². The highest BCUT2D eigenvalue weighted by Crippen LogP contribution is 2.31. The number of aromatic nitrogens is 2. The lowest BCUT2D eigenvalue weighted by atomic mass is 10.3. The highest BCUT2D eigenvalue weighted by Gasteiger charge is 2.13. The molecule has 1 N–H and O–H groups in total. The maximum atomic E-state index is 11.0. The maximum Gasteiger partial charge on any atom is 0.346 e. The van der Waals surface area contributed by atoms with Gasteiger partial charge in [0, 0.05) is 19.8 Å². The van der Waals surface area contributed by atoms with E-state index in [0.29, 0.717) is 10.6 Å². The zero-order valence-electron chi connectivity index (χ0n) is 9.78. The van der Waals surface area contributed by atoms with Gasteiger partial charge >= 0.3 is 5.97 Å². The summed E-state index contributed by atoms with van der Waals surface area (Å²) in [6.07, 6.45) is 0. The Hall–Kier alpha value is -1.12. The van der Waals surface area contributed by atoms with Crippen molar-refractivity contribution in [1.82, 2.24) is 10.2 Å². The number of nitrogens with zero attached hydrogens (tertiary/aromatic N) is 3. The molecule has 0 bridgehead atoms. The lowest BCUT2D eigenvalue weighted by Gasteiger charge is -2.03. The summed E-state index contributed by atoms with van der Waals surface area (Å²) < 4.78 is 0.848. The molecule has 0 aliphatic carbocycles. The molecule has 0 aliphatic rings. The Balaban J connectivity index is 2.02. The predicted octanol–water partition coefficient (Wildman–Crippen LogP) is 2.66. The average Bonchev–Trinajstić information content (AvgIpc) is 2.95. The van der Waals surface area contributed by atoms with Crippen LogP contribution in [0.5, 0.6) is 0 Å². The van der Waals surface area contributed by atoms with Gasteiger partial charge < -0.3 is 10.0 Å². The Morgan fingerprint density at radius 3 is 2.89 bits per heavy atom. The van der Waals surface area contributed by atoms with E-state index >= 15 is 0 Å². The van der Waals surface area contributed by atoms with Crippen LogP contribution >= 0.6 is 34.4 Å². The lowest BCUT2D eigenvalue weighted by Crippen LogP contribution is -2.07. The summed E-state index contributed by atoms with van der Waals surface area (Å²) in [5, 5.41) is 19.7. The minimum atomic E-state index is -0.869. The van der Waals surface area contributed by atoms with Gasteiger partial charge in [-0.3, -0.25) is 0 Å². The number of thiophene rings is 1. The summed E-state index contributed by atoms with van der Waals surface area (Å²) in [5.41, 5.74) is 0.833. The molecular formula is C10H11N3O2S3. The molecule has 0 amide bonds. The highest BCUT2D eigenvalue weighted by atomic mass is 32.2. The molecule has 96 valence electrons. The number of aromatic carboxylic acids is 1. The summed E-state index contributed by atoms with van der Waals surface area (Å²) >= 11 is 4.26. The number of thioether (sulfide) groups is 1. The first-order valence-corrected chi connectivity index (χ1v) is 7.69. The number of anilines is 1. The van der Waals surface area contributed by atoms with Crippen LogP contribution in [0, 0.1) is 0 Å². The predicted molar refractivity (Wildman–Crippen MR) is 75.1 cm³/mol. The quantitative estimate of drug-likeness (QED) is 0.856. The normalized spacial score (nSPS) is 10.6. The van der Waals surface area contributed by atoms with Crippen molar-refractivity contribution in [2.45, 2.75) is 10.1 Å². The van der Waals surface area contributed by atoms with E-state index in [1.165, 1.54) is 34.4 Å². The van der Waals surface area contributed by atoms with E-state index in [4.69, 9.17) is 5.11 Å². The van der Waals surface area contributed by atoms with Gasteiger partial charge in [0.2, 0.25) is 5.13 Å². The number of hydrogen-bond acceptors (Lipinski definition) is 7. The van der Waals surface area contributed by atoms with Crippen LogP contribution in [0.15, 0.2) is 15.8 Å². The Labute approximate surface area is 116 Å². The highest BCUT2D eigenvalue weighted by molar-refractivity contribution is 8.00. The van der Waals surface area contributed by atoms with Gasteiger partial charge in [-0.2, -0.15) is 0 Å². The van der Waals surface area contributed by atoms with Crippen LogP contribution in [-0.4, -0.2) is 35.4 Å². The average molecular weight is 301 g/mol. The maximum absolute atomic E-state index is 11.0. The third-order valence-electron chi connectivity index (χ3n) is 2.07. The van der Waals surface area contributed by atoms with Crippen LogP contribution in [0.4, 0.5) is 5.13 Å². The van der Waals surface area contributed by atoms with Crippen LogP contribution in [0.1, 0.15) is 15.2 Å². The summed E-state index contributed by atoms with van der Waals surface area (Å²) in [7, 11) is 3.83. The van der Waals surface area contributed by atoms with Gasteiger partial charge in [0.1, 0.15) is 4.88 Å². The number of hydrogen-bond donors (Lipinski definition) is 1. The van der Waals surface area contributed by atoms with Crippen molar-refractivity contribution in [3.05, 3.63) is 21.9 Å². The van der Waals surface area contributed by atoms with Crippen molar-refractivity contribution in [3.8, 4) is 0 Å². The van der Waals surface area contributed by atoms with E-state index in [2.05, 4.69) is 10.2 Å². The molecule has 2 heterocycles. The second-order valence-corrected chi connectivity index (χ2v) is 6.71. The number of carboxylic acids is 1. The SMILES string of the molecule is CN(C)c1nnc(SCc2ccsc2C(=O)O)s1. The molecule has 8 heteroatoms. The molecule has 0 spiro atoms. The van der Waals surface area contributed by atoms with Gasteiger partial charge in [0.25, 0.3) is 0 Å². The third kappa shape index (κ3) is 3.01. The van der Waals surface area contributed by atoms with E-state index in [0.717, 1.165) is 15.0 Å². The van der Waals surface area contributed by atoms with Crippen LogP contribution in [-0.2, 0) is 5.75 Å². The van der Waals surface area contributed by atoms with Gasteiger partial charge in [-0.15, -0.1) is 21.5 Å². The summed E-state index contributed by atoms with van der Waals surface area (Å²) in [4.78, 5) is 13.3. The Kier molecular flexibility index (Phi) is 4.20. The topological polar surface area (TPSA) is 66.3 Å². The molecule has 2 aromatic heterocycles. The van der Waals surface area contributed by atoms with E-state index in [1.807, 2.05) is 25.1 Å². The monoisotopic (exact) mass is 301 g/mol. The molecule has 0 aromatic carbocycles. The molecule has 2 rings (SSSR count). The van der Waals surface area contributed by atoms with Crippen LogP contribution in [0.3, 0.4) is 0 Å². The molecule has 0 saturated heterocycles.